The van der Waals surface area contributed by atoms with E-state index in [-0.39, 0.29) is 34.5 Å². The van der Waals surface area contributed by atoms with E-state index in [0.29, 0.717) is 21.8 Å². The van der Waals surface area contributed by atoms with Gasteiger partial charge in [-0.3, -0.25) is 19.2 Å². The van der Waals surface area contributed by atoms with Gasteiger partial charge in [0.15, 0.2) is 5.78 Å². The minimum Gasteiger partial charge on any atom is -0.507 e. The maximum Gasteiger partial charge on any atom is 0.285 e. The van der Waals surface area contributed by atoms with Crippen molar-refractivity contribution in [1.29, 1.82) is 0 Å². The molecule has 1 aliphatic rings. The van der Waals surface area contributed by atoms with Crippen LogP contribution in [0.1, 0.15) is 81.7 Å². The van der Waals surface area contributed by atoms with Crippen molar-refractivity contribution in [3.05, 3.63) is 64.2 Å². The summed E-state index contributed by atoms with van der Waals surface area (Å²) in [6.07, 6.45) is 0. The molecule has 28 heavy (non-hydrogen) atoms. The Kier molecular flexibility index (Phi) is 5.34. The van der Waals surface area contributed by atoms with Crippen molar-refractivity contribution in [2.45, 2.75) is 39.5 Å². The van der Waals surface area contributed by atoms with Gasteiger partial charge in [0.2, 0.25) is 0 Å². The van der Waals surface area contributed by atoms with E-state index in [1.807, 2.05) is 27.7 Å². The summed E-state index contributed by atoms with van der Waals surface area (Å²) < 4.78 is 0. The molecular weight excluding hydrogens is 358 g/mol. The highest BCUT2D eigenvalue weighted by Crippen LogP contribution is 2.35. The molecule has 0 atom stereocenters. The summed E-state index contributed by atoms with van der Waals surface area (Å²) in [5.41, 5.74) is 2.25. The third-order valence-electron chi connectivity index (χ3n) is 4.82. The largest absolute Gasteiger partial charge is 0.507 e. The van der Waals surface area contributed by atoms with E-state index in [1.165, 1.54) is 0 Å². The van der Waals surface area contributed by atoms with Crippen LogP contribution in [0.25, 0.3) is 0 Å². The maximum absolute atomic E-state index is 12.7. The SMILES string of the molecule is CC(C)c1cc(C(=O)CON2C(=O)c3ccccc3C2=O)cc(C(C)C)c1O. The molecule has 0 saturated carbocycles. The number of aromatic hydroxyl groups is 1. The zero-order valence-electron chi connectivity index (χ0n) is 16.4. The summed E-state index contributed by atoms with van der Waals surface area (Å²) in [5.74, 6) is -1.28. The van der Waals surface area contributed by atoms with Crippen LogP contribution in [0, 0.1) is 0 Å². The number of benzene rings is 2. The quantitative estimate of drug-likeness (QED) is 0.603. The molecule has 2 amide bonds. The number of hydrogen-bond acceptors (Lipinski definition) is 5. The first-order chi connectivity index (χ1) is 13.2. The number of rotatable bonds is 6. The lowest BCUT2D eigenvalue weighted by atomic mass is 9.90. The Morgan fingerprint density at radius 3 is 1.86 bits per heavy atom. The first kappa shape index (κ1) is 19.8. The number of ketones is 1. The average molecular weight is 381 g/mol. The molecule has 0 spiro atoms. The van der Waals surface area contributed by atoms with Gasteiger partial charge in [-0.2, -0.15) is 0 Å². The first-order valence-corrected chi connectivity index (χ1v) is 9.23. The maximum atomic E-state index is 12.7. The van der Waals surface area contributed by atoms with Crippen molar-refractivity contribution >= 4 is 17.6 Å². The van der Waals surface area contributed by atoms with E-state index in [2.05, 4.69) is 0 Å². The van der Waals surface area contributed by atoms with Crippen LogP contribution in [-0.2, 0) is 4.84 Å². The highest BCUT2D eigenvalue weighted by Gasteiger charge is 2.37. The summed E-state index contributed by atoms with van der Waals surface area (Å²) >= 11 is 0. The summed E-state index contributed by atoms with van der Waals surface area (Å²) in [6.45, 7) is 7.28. The van der Waals surface area contributed by atoms with Crippen LogP contribution in [0.4, 0.5) is 0 Å². The fourth-order valence-electron chi connectivity index (χ4n) is 3.21. The molecule has 0 unspecified atom stereocenters. The average Bonchev–Trinajstić information content (AvgIpc) is 2.90. The lowest BCUT2D eigenvalue weighted by molar-refractivity contribution is -0.0817. The molecule has 0 fully saturated rings. The molecule has 2 aromatic carbocycles. The molecule has 6 heteroatoms. The van der Waals surface area contributed by atoms with Crippen LogP contribution < -0.4 is 0 Å². The topological polar surface area (TPSA) is 83.9 Å². The number of carbonyl (C=O) groups is 3. The van der Waals surface area contributed by atoms with Gasteiger partial charge >= 0.3 is 0 Å². The molecule has 6 nitrogen and oxygen atoms in total. The van der Waals surface area contributed by atoms with Crippen molar-refractivity contribution in [3.8, 4) is 5.75 Å². The van der Waals surface area contributed by atoms with Crippen molar-refractivity contribution in [2.24, 2.45) is 0 Å². The summed E-state index contributed by atoms with van der Waals surface area (Å²) in [4.78, 5) is 42.6. The lowest BCUT2D eigenvalue weighted by Gasteiger charge is -2.18. The van der Waals surface area contributed by atoms with E-state index in [0.717, 1.165) is 0 Å². The van der Waals surface area contributed by atoms with Gasteiger partial charge in [-0.15, -0.1) is 5.06 Å². The second-order valence-electron chi connectivity index (χ2n) is 7.46. The smallest absolute Gasteiger partial charge is 0.285 e. The van der Waals surface area contributed by atoms with E-state index < -0.39 is 18.4 Å². The van der Waals surface area contributed by atoms with Crippen LogP contribution in [0.2, 0.25) is 0 Å². The fraction of sp³-hybridized carbons (Fsp3) is 0.318. The van der Waals surface area contributed by atoms with Crippen LogP contribution in [0.5, 0.6) is 5.75 Å². The number of phenolic OH excluding ortho intramolecular Hbond substituents is 1. The summed E-state index contributed by atoms with van der Waals surface area (Å²) in [6, 6.07) is 9.70. The van der Waals surface area contributed by atoms with Crippen LogP contribution in [0.3, 0.4) is 0 Å². The van der Waals surface area contributed by atoms with Gasteiger partial charge in [0, 0.05) is 5.56 Å². The lowest BCUT2D eigenvalue weighted by Crippen LogP contribution is -2.32. The van der Waals surface area contributed by atoms with Crippen LogP contribution in [0.15, 0.2) is 36.4 Å². The van der Waals surface area contributed by atoms with Crippen molar-refractivity contribution in [1.82, 2.24) is 5.06 Å². The Hall–Kier alpha value is -2.99. The van der Waals surface area contributed by atoms with Crippen molar-refractivity contribution in [2.75, 3.05) is 6.61 Å². The number of fused-ring (bicyclic) bond motifs is 1. The van der Waals surface area contributed by atoms with Gasteiger partial charge in [0.25, 0.3) is 11.8 Å². The zero-order valence-corrected chi connectivity index (χ0v) is 16.4. The zero-order chi connectivity index (χ0) is 20.6. The van der Waals surface area contributed by atoms with Gasteiger partial charge in [0.1, 0.15) is 12.4 Å². The Morgan fingerprint density at radius 1 is 0.964 bits per heavy atom. The number of Topliss-reactive ketones (excluding diaryl/α,β-unsaturated/α-hetero) is 1. The molecule has 0 bridgehead atoms. The Balaban J connectivity index is 1.81. The number of phenols is 1. The minimum absolute atomic E-state index is 0.0300. The van der Waals surface area contributed by atoms with E-state index in [4.69, 9.17) is 4.84 Å². The Bertz CT molecular complexity index is 897. The molecule has 0 aromatic heterocycles. The molecule has 1 heterocycles. The molecular formula is C22H23NO5. The Morgan fingerprint density at radius 2 is 1.43 bits per heavy atom. The number of hydroxylamine groups is 2. The molecule has 0 radical (unpaired) electrons. The van der Waals surface area contributed by atoms with Gasteiger partial charge < -0.3 is 5.11 Å². The number of carbonyl (C=O) groups excluding carboxylic acids is 3. The van der Waals surface area contributed by atoms with E-state index >= 15 is 0 Å². The summed E-state index contributed by atoms with van der Waals surface area (Å²) in [5, 5.41) is 11.1. The normalized spacial score (nSPS) is 13.6. The standard InChI is InChI=1S/C22H23NO5/c1-12(2)17-9-14(10-18(13(3)4)20(17)25)19(24)11-28-23-21(26)15-7-5-6-8-16(15)22(23)27/h5-10,12-13,25H,11H2,1-4H3. The molecule has 2 aromatic rings. The highest BCUT2D eigenvalue weighted by molar-refractivity contribution is 6.20. The molecule has 3 rings (SSSR count). The highest BCUT2D eigenvalue weighted by atomic mass is 16.7. The van der Waals surface area contributed by atoms with Crippen LogP contribution >= 0.6 is 0 Å². The summed E-state index contributed by atoms with van der Waals surface area (Å²) in [7, 11) is 0. The fourth-order valence-corrected chi connectivity index (χ4v) is 3.21. The number of imide groups is 1. The monoisotopic (exact) mass is 381 g/mol. The molecule has 1 aliphatic heterocycles. The Labute approximate surface area is 163 Å². The number of amides is 2. The van der Waals surface area contributed by atoms with Gasteiger partial charge in [-0.25, -0.2) is 0 Å². The molecule has 0 aliphatic carbocycles. The van der Waals surface area contributed by atoms with E-state index in [9.17, 15) is 19.5 Å². The van der Waals surface area contributed by atoms with Crippen LogP contribution in [-0.4, -0.2) is 34.4 Å². The predicted molar refractivity (Wildman–Crippen MR) is 104 cm³/mol. The number of nitrogens with zero attached hydrogens (tertiary/aromatic N) is 1. The molecule has 1 N–H and O–H groups in total. The van der Waals surface area contributed by atoms with Gasteiger partial charge in [-0.05, 0) is 47.2 Å². The second kappa shape index (κ2) is 7.56. The molecule has 146 valence electrons. The third-order valence-corrected chi connectivity index (χ3v) is 4.82. The first-order valence-electron chi connectivity index (χ1n) is 9.23. The van der Waals surface area contributed by atoms with Crippen molar-refractivity contribution in [3.63, 3.8) is 0 Å². The second-order valence-corrected chi connectivity index (χ2v) is 7.46. The van der Waals surface area contributed by atoms with Crippen molar-refractivity contribution < 1.29 is 24.3 Å². The predicted octanol–water partition coefficient (Wildman–Crippen LogP) is 4.05. The minimum atomic E-state index is -0.579. The number of hydrogen-bond donors (Lipinski definition) is 1. The van der Waals surface area contributed by atoms with Gasteiger partial charge in [-0.1, -0.05) is 39.8 Å². The van der Waals surface area contributed by atoms with E-state index in [1.54, 1.807) is 36.4 Å². The third kappa shape index (κ3) is 3.43. The molecule has 0 saturated heterocycles. The van der Waals surface area contributed by atoms with Gasteiger partial charge in [0.05, 0.1) is 11.1 Å².